The third-order valence-corrected chi connectivity index (χ3v) is 5.93. The largest absolute Gasteiger partial charge is 0.434 e. The third-order valence-electron chi connectivity index (χ3n) is 5.93. The molecule has 174 valence electrons. The third kappa shape index (κ3) is 6.05. The Labute approximate surface area is 177 Å². The van der Waals surface area contributed by atoms with Crippen molar-refractivity contribution in [2.45, 2.75) is 63.5 Å². The molecule has 0 N–H and O–H groups in total. The van der Waals surface area contributed by atoms with Crippen LogP contribution in [0, 0.1) is 6.92 Å². The number of halogens is 6. The summed E-state index contributed by atoms with van der Waals surface area (Å²) in [6.45, 7) is 3.37. The Bertz CT molecular complexity index is 752. The molecule has 0 unspecified atom stereocenters. The van der Waals surface area contributed by atoms with Crippen molar-refractivity contribution in [3.05, 3.63) is 34.9 Å². The van der Waals surface area contributed by atoms with Gasteiger partial charge in [0.05, 0.1) is 0 Å². The molecule has 31 heavy (non-hydrogen) atoms. The van der Waals surface area contributed by atoms with Gasteiger partial charge in [0.25, 0.3) is 6.10 Å². The van der Waals surface area contributed by atoms with Crippen LogP contribution in [-0.2, 0) is 11.3 Å². The van der Waals surface area contributed by atoms with Crippen molar-refractivity contribution >= 4 is 6.09 Å². The van der Waals surface area contributed by atoms with Crippen LogP contribution in [0.1, 0.15) is 48.3 Å². The maximum Gasteiger partial charge on any atom is 0.434 e. The summed E-state index contributed by atoms with van der Waals surface area (Å²) in [6.07, 6.45) is -12.4. The van der Waals surface area contributed by atoms with E-state index in [4.69, 9.17) is 0 Å². The molecule has 0 aromatic heterocycles. The van der Waals surface area contributed by atoms with Crippen molar-refractivity contribution < 1.29 is 35.9 Å². The van der Waals surface area contributed by atoms with E-state index < -0.39 is 24.5 Å². The molecule has 3 rings (SSSR count). The molecule has 1 saturated heterocycles. The van der Waals surface area contributed by atoms with Crippen LogP contribution in [0.15, 0.2) is 18.2 Å². The first-order valence-electron chi connectivity index (χ1n) is 10.4. The summed E-state index contributed by atoms with van der Waals surface area (Å²) in [5, 5.41) is 0. The van der Waals surface area contributed by atoms with E-state index in [0.717, 1.165) is 17.7 Å². The molecule has 0 radical (unpaired) electrons. The lowest BCUT2D eigenvalue weighted by molar-refractivity contribution is -0.308. The second kappa shape index (κ2) is 9.26. The van der Waals surface area contributed by atoms with Gasteiger partial charge in [-0.15, -0.1) is 0 Å². The minimum absolute atomic E-state index is 0.00584. The van der Waals surface area contributed by atoms with Gasteiger partial charge < -0.3 is 9.64 Å². The molecule has 0 bridgehead atoms. The Balaban J connectivity index is 1.58. The summed E-state index contributed by atoms with van der Waals surface area (Å²) >= 11 is 0. The highest BCUT2D eigenvalue weighted by molar-refractivity contribution is 5.68. The maximum absolute atomic E-state index is 12.6. The number of hydrogen-bond donors (Lipinski definition) is 0. The fraction of sp³-hybridized carbons (Fsp3) is 0.667. The van der Waals surface area contributed by atoms with Crippen LogP contribution < -0.4 is 0 Å². The van der Waals surface area contributed by atoms with Crippen molar-refractivity contribution in [3.8, 4) is 0 Å². The van der Waals surface area contributed by atoms with Gasteiger partial charge in [-0.2, -0.15) is 26.3 Å². The maximum atomic E-state index is 12.6. The standard InChI is InChI=1S/C21H26F6N2O2/c1-14-6-7-16(17(12-14)15-4-2-3-5-15)13-28-8-10-29(11-9-28)19(30)31-18(20(22,23)24)21(25,26)27/h6-7,12,15,18H,2-5,8-11,13H2,1H3. The van der Waals surface area contributed by atoms with Crippen LogP contribution in [0.3, 0.4) is 0 Å². The average molecular weight is 452 g/mol. The molecule has 10 heteroatoms. The Morgan fingerprint density at radius 2 is 1.61 bits per heavy atom. The van der Waals surface area contributed by atoms with E-state index in [-0.39, 0.29) is 13.1 Å². The van der Waals surface area contributed by atoms with Gasteiger partial charge in [0.1, 0.15) is 0 Å². The van der Waals surface area contributed by atoms with Crippen LogP contribution in [0.2, 0.25) is 0 Å². The number of carbonyl (C=O) groups is 1. The zero-order valence-electron chi connectivity index (χ0n) is 17.2. The van der Waals surface area contributed by atoms with Gasteiger partial charge in [0, 0.05) is 32.7 Å². The smallest absolute Gasteiger partial charge is 0.426 e. The number of benzene rings is 1. The normalized spacial score (nSPS) is 19.3. The molecule has 1 aromatic carbocycles. The van der Waals surface area contributed by atoms with E-state index in [9.17, 15) is 31.1 Å². The minimum Gasteiger partial charge on any atom is -0.426 e. The molecule has 1 aliphatic carbocycles. The summed E-state index contributed by atoms with van der Waals surface area (Å²) in [7, 11) is 0. The van der Waals surface area contributed by atoms with E-state index in [1.807, 2.05) is 13.0 Å². The fourth-order valence-corrected chi connectivity index (χ4v) is 4.30. The number of amides is 1. The first-order chi connectivity index (χ1) is 14.4. The van der Waals surface area contributed by atoms with Crippen LogP contribution in [0.4, 0.5) is 31.1 Å². The van der Waals surface area contributed by atoms with Crippen molar-refractivity contribution in [3.63, 3.8) is 0 Å². The predicted octanol–water partition coefficient (Wildman–Crippen LogP) is 5.40. The average Bonchev–Trinajstić information content (AvgIpc) is 3.20. The molecule has 0 spiro atoms. The van der Waals surface area contributed by atoms with Crippen molar-refractivity contribution in [1.82, 2.24) is 9.80 Å². The molecule has 1 heterocycles. The number of alkyl halides is 6. The highest BCUT2D eigenvalue weighted by Crippen LogP contribution is 2.37. The second-order valence-corrected chi connectivity index (χ2v) is 8.29. The SMILES string of the molecule is Cc1ccc(CN2CCN(C(=O)OC(C(F)(F)F)C(F)(F)F)CC2)c(C2CCCC2)c1. The minimum atomic E-state index is -5.71. The molecule has 1 aromatic rings. The molecule has 2 fully saturated rings. The topological polar surface area (TPSA) is 32.8 Å². The summed E-state index contributed by atoms with van der Waals surface area (Å²) in [4.78, 5) is 14.9. The Hall–Kier alpha value is -1.97. The first-order valence-corrected chi connectivity index (χ1v) is 10.4. The number of piperazine rings is 1. The lowest BCUT2D eigenvalue weighted by atomic mass is 9.91. The van der Waals surface area contributed by atoms with E-state index in [2.05, 4.69) is 21.8 Å². The van der Waals surface area contributed by atoms with Gasteiger partial charge in [0.15, 0.2) is 0 Å². The molecular formula is C21H26F6N2O2. The monoisotopic (exact) mass is 452 g/mol. The lowest BCUT2D eigenvalue weighted by Gasteiger charge is -2.35. The number of ether oxygens (including phenoxy) is 1. The molecule has 4 nitrogen and oxygen atoms in total. The zero-order chi connectivity index (χ0) is 22.8. The summed E-state index contributed by atoms with van der Waals surface area (Å²) < 4.78 is 79.5. The van der Waals surface area contributed by atoms with Gasteiger partial charge in [-0.05, 0) is 36.8 Å². The molecule has 1 saturated carbocycles. The van der Waals surface area contributed by atoms with Gasteiger partial charge >= 0.3 is 18.4 Å². The lowest BCUT2D eigenvalue weighted by Crippen LogP contribution is -2.52. The predicted molar refractivity (Wildman–Crippen MR) is 102 cm³/mol. The Kier molecular flexibility index (Phi) is 7.08. The summed E-state index contributed by atoms with van der Waals surface area (Å²) in [5.41, 5.74) is 3.68. The number of hydrogen-bond acceptors (Lipinski definition) is 3. The van der Waals surface area contributed by atoms with E-state index in [1.165, 1.54) is 29.5 Å². The Morgan fingerprint density at radius 1 is 1.03 bits per heavy atom. The second-order valence-electron chi connectivity index (χ2n) is 8.29. The van der Waals surface area contributed by atoms with Gasteiger partial charge in [-0.1, -0.05) is 36.6 Å². The molecule has 1 aliphatic heterocycles. The van der Waals surface area contributed by atoms with Crippen molar-refractivity contribution in [2.24, 2.45) is 0 Å². The summed E-state index contributed by atoms with van der Waals surface area (Å²) in [5.74, 6) is 0.521. The number of aryl methyl sites for hydroxylation is 1. The summed E-state index contributed by atoms with van der Waals surface area (Å²) in [6, 6.07) is 6.32. The number of carbonyl (C=O) groups excluding carboxylic acids is 1. The van der Waals surface area contributed by atoms with Gasteiger partial charge in [-0.25, -0.2) is 4.79 Å². The number of nitrogens with zero attached hydrogens (tertiary/aromatic N) is 2. The van der Waals surface area contributed by atoms with Crippen LogP contribution in [0.25, 0.3) is 0 Å². The Morgan fingerprint density at radius 3 is 2.16 bits per heavy atom. The quantitative estimate of drug-likeness (QED) is 0.574. The van der Waals surface area contributed by atoms with Crippen molar-refractivity contribution in [1.29, 1.82) is 0 Å². The molecule has 2 aliphatic rings. The zero-order valence-corrected chi connectivity index (χ0v) is 17.2. The molecule has 1 amide bonds. The fourth-order valence-electron chi connectivity index (χ4n) is 4.30. The van der Waals surface area contributed by atoms with Crippen LogP contribution >= 0.6 is 0 Å². The van der Waals surface area contributed by atoms with Crippen LogP contribution in [-0.4, -0.2) is 60.5 Å². The number of rotatable bonds is 4. The molecule has 0 atom stereocenters. The van der Waals surface area contributed by atoms with E-state index in [0.29, 0.717) is 25.6 Å². The highest BCUT2D eigenvalue weighted by Gasteiger charge is 2.60. The first kappa shape index (κ1) is 23.7. The van der Waals surface area contributed by atoms with Crippen LogP contribution in [0.5, 0.6) is 0 Å². The highest BCUT2D eigenvalue weighted by atomic mass is 19.4. The van der Waals surface area contributed by atoms with E-state index in [1.54, 1.807) is 0 Å². The molecular weight excluding hydrogens is 426 g/mol. The van der Waals surface area contributed by atoms with Gasteiger partial charge in [-0.3, -0.25) is 4.90 Å². The van der Waals surface area contributed by atoms with E-state index >= 15 is 0 Å². The van der Waals surface area contributed by atoms with Crippen molar-refractivity contribution in [2.75, 3.05) is 26.2 Å². The van der Waals surface area contributed by atoms with Gasteiger partial charge in [0.2, 0.25) is 0 Å².